The Morgan fingerprint density at radius 1 is 0.593 bits per heavy atom. The van der Waals surface area contributed by atoms with E-state index < -0.39 is 10.1 Å². The zero-order valence-electron chi connectivity index (χ0n) is 18.6. The molecule has 0 bridgehead atoms. The van der Waals surface area contributed by atoms with Gasteiger partial charge in [-0.15, -0.1) is 0 Å². The molecule has 0 aromatic carbocycles. The molecule has 4 heteroatoms. The molecule has 27 heavy (non-hydrogen) atoms. The average Bonchev–Trinajstić information content (AvgIpc) is 2.62. The smallest absolute Gasteiger partial charge is 0.267 e. The minimum Gasteiger partial charge on any atom is -0.270 e. The lowest BCUT2D eigenvalue weighted by Crippen LogP contribution is -2.14. The van der Waals surface area contributed by atoms with Crippen LogP contribution in [0.4, 0.5) is 0 Å². The Hall–Kier alpha value is -0.0900. The normalized spacial score (nSPS) is 12.1. The van der Waals surface area contributed by atoms with Crippen LogP contribution in [-0.2, 0) is 14.3 Å². The summed E-state index contributed by atoms with van der Waals surface area (Å²) in [7, 11) is -3.30. The third-order valence-corrected chi connectivity index (χ3v) is 6.36. The largest absolute Gasteiger partial charge is 0.270 e. The van der Waals surface area contributed by atoms with Crippen molar-refractivity contribution in [1.82, 2.24) is 0 Å². The van der Waals surface area contributed by atoms with Crippen molar-refractivity contribution in [2.24, 2.45) is 5.92 Å². The highest BCUT2D eigenvalue weighted by Gasteiger charge is 2.11. The monoisotopic (exact) mass is 404 g/mol. The summed E-state index contributed by atoms with van der Waals surface area (Å²) in [6.07, 6.45) is 22.3. The highest BCUT2D eigenvalue weighted by molar-refractivity contribution is 7.86. The SMILES string of the molecule is CCCCCCCCCCCCCCCCCCCS(=O)(=O)OCC(C)C. The lowest BCUT2D eigenvalue weighted by atomic mass is 10.0. The Labute approximate surface area is 171 Å². The Morgan fingerprint density at radius 2 is 0.926 bits per heavy atom. The Bertz CT molecular complexity index is 390. The molecule has 164 valence electrons. The Morgan fingerprint density at radius 3 is 1.26 bits per heavy atom. The van der Waals surface area contributed by atoms with E-state index in [4.69, 9.17) is 4.18 Å². The van der Waals surface area contributed by atoms with Crippen LogP contribution < -0.4 is 0 Å². The maximum Gasteiger partial charge on any atom is 0.267 e. The zero-order chi connectivity index (χ0) is 20.2. The summed E-state index contributed by atoms with van der Waals surface area (Å²) < 4.78 is 28.3. The predicted molar refractivity (Wildman–Crippen MR) is 119 cm³/mol. The zero-order valence-corrected chi connectivity index (χ0v) is 19.5. The summed E-state index contributed by atoms with van der Waals surface area (Å²) in [5.74, 6) is 0.438. The highest BCUT2D eigenvalue weighted by atomic mass is 32.2. The van der Waals surface area contributed by atoms with Crippen molar-refractivity contribution in [1.29, 1.82) is 0 Å². The van der Waals surface area contributed by atoms with Crippen LogP contribution in [0.25, 0.3) is 0 Å². The number of unbranched alkanes of at least 4 members (excludes halogenated alkanes) is 16. The Kier molecular flexibility index (Phi) is 19.2. The Balaban J connectivity index is 3.21. The van der Waals surface area contributed by atoms with Crippen LogP contribution in [0.2, 0.25) is 0 Å². The molecular formula is C23H48O3S. The second kappa shape index (κ2) is 19.2. The molecule has 0 rings (SSSR count). The maximum atomic E-state index is 11.7. The van der Waals surface area contributed by atoms with Gasteiger partial charge < -0.3 is 0 Å². The van der Waals surface area contributed by atoms with Gasteiger partial charge in [-0.05, 0) is 12.3 Å². The third-order valence-electron chi connectivity index (χ3n) is 5.08. The summed E-state index contributed by atoms with van der Waals surface area (Å²) in [5.41, 5.74) is 0. The van der Waals surface area contributed by atoms with E-state index in [0.717, 1.165) is 19.3 Å². The van der Waals surface area contributed by atoms with Crippen molar-refractivity contribution in [3.63, 3.8) is 0 Å². The van der Waals surface area contributed by atoms with Crippen LogP contribution in [0, 0.1) is 5.92 Å². The second-order valence-electron chi connectivity index (χ2n) is 8.60. The van der Waals surface area contributed by atoms with Crippen molar-refractivity contribution < 1.29 is 12.6 Å². The number of hydrogen-bond acceptors (Lipinski definition) is 3. The quantitative estimate of drug-likeness (QED) is 0.146. The molecule has 0 aliphatic rings. The van der Waals surface area contributed by atoms with Crippen molar-refractivity contribution in [2.45, 2.75) is 130 Å². The van der Waals surface area contributed by atoms with Crippen LogP contribution in [0.5, 0.6) is 0 Å². The van der Waals surface area contributed by atoms with Gasteiger partial charge in [0.05, 0.1) is 12.4 Å². The minimum atomic E-state index is -3.30. The van der Waals surface area contributed by atoms with Gasteiger partial charge >= 0.3 is 0 Å². The van der Waals surface area contributed by atoms with Crippen molar-refractivity contribution >= 4 is 10.1 Å². The van der Waals surface area contributed by atoms with Crippen molar-refractivity contribution in [2.75, 3.05) is 12.4 Å². The maximum absolute atomic E-state index is 11.7. The van der Waals surface area contributed by atoms with Gasteiger partial charge in [-0.3, -0.25) is 4.18 Å². The molecule has 0 spiro atoms. The van der Waals surface area contributed by atoms with Crippen molar-refractivity contribution in [3.8, 4) is 0 Å². The van der Waals surface area contributed by atoms with Gasteiger partial charge in [0.2, 0.25) is 0 Å². The van der Waals surface area contributed by atoms with E-state index >= 15 is 0 Å². The van der Waals surface area contributed by atoms with Crippen LogP contribution in [0.15, 0.2) is 0 Å². The third kappa shape index (κ3) is 22.1. The lowest BCUT2D eigenvalue weighted by Gasteiger charge is -2.07. The summed E-state index contributed by atoms with van der Waals surface area (Å²) in [6.45, 7) is 6.51. The molecule has 0 unspecified atom stereocenters. The van der Waals surface area contributed by atoms with E-state index in [1.165, 1.54) is 89.9 Å². The molecule has 0 fully saturated rings. The molecule has 0 atom stereocenters. The number of hydrogen-bond donors (Lipinski definition) is 0. The topological polar surface area (TPSA) is 43.4 Å². The highest BCUT2D eigenvalue weighted by Crippen LogP contribution is 2.14. The van der Waals surface area contributed by atoms with Crippen molar-refractivity contribution in [3.05, 3.63) is 0 Å². The predicted octanol–water partition coefficient (Wildman–Crippen LogP) is 7.64. The first-order chi connectivity index (χ1) is 13.0. The summed E-state index contributed by atoms with van der Waals surface area (Å²) >= 11 is 0. The van der Waals surface area contributed by atoms with E-state index in [1.807, 2.05) is 13.8 Å². The molecule has 0 aromatic heterocycles. The fourth-order valence-corrected chi connectivity index (χ4v) is 4.46. The summed E-state index contributed by atoms with van der Waals surface area (Å²) in [5, 5.41) is 0. The second-order valence-corrected chi connectivity index (χ2v) is 10.4. The first-order valence-corrected chi connectivity index (χ1v) is 13.4. The molecule has 0 N–H and O–H groups in total. The fraction of sp³-hybridized carbons (Fsp3) is 1.00. The molecule has 0 saturated carbocycles. The first-order valence-electron chi connectivity index (χ1n) is 11.8. The van der Waals surface area contributed by atoms with Gasteiger partial charge in [-0.2, -0.15) is 8.42 Å². The standard InChI is InChI=1S/C23H48O3S/c1-4-5-6-7-8-9-10-11-12-13-14-15-16-17-18-19-20-21-27(24,25)26-22-23(2)3/h23H,4-22H2,1-3H3. The van der Waals surface area contributed by atoms with E-state index in [-0.39, 0.29) is 11.7 Å². The molecule has 0 radical (unpaired) electrons. The molecule has 0 aromatic rings. The van der Waals surface area contributed by atoms with E-state index in [2.05, 4.69) is 6.92 Å². The van der Waals surface area contributed by atoms with Crippen LogP contribution in [0.1, 0.15) is 130 Å². The number of rotatable bonds is 21. The van der Waals surface area contributed by atoms with Gasteiger partial charge in [-0.1, -0.05) is 124 Å². The molecule has 0 aliphatic carbocycles. The molecule has 0 amide bonds. The molecule has 0 saturated heterocycles. The van der Waals surface area contributed by atoms with Gasteiger partial charge in [0.15, 0.2) is 0 Å². The van der Waals surface area contributed by atoms with Gasteiger partial charge in [-0.25, -0.2) is 0 Å². The van der Waals surface area contributed by atoms with E-state index in [1.54, 1.807) is 0 Å². The summed E-state index contributed by atoms with van der Waals surface area (Å²) in [6, 6.07) is 0. The van der Waals surface area contributed by atoms with Gasteiger partial charge in [0, 0.05) is 0 Å². The minimum absolute atomic E-state index is 0.179. The average molecular weight is 405 g/mol. The van der Waals surface area contributed by atoms with Crippen LogP contribution in [0.3, 0.4) is 0 Å². The lowest BCUT2D eigenvalue weighted by molar-refractivity contribution is 0.274. The molecule has 0 heterocycles. The first kappa shape index (κ1) is 26.9. The molecular weight excluding hydrogens is 356 g/mol. The fourth-order valence-electron chi connectivity index (χ4n) is 3.30. The van der Waals surface area contributed by atoms with Crippen LogP contribution in [-0.4, -0.2) is 20.8 Å². The van der Waals surface area contributed by atoms with Gasteiger partial charge in [0.1, 0.15) is 0 Å². The van der Waals surface area contributed by atoms with Crippen LogP contribution >= 0.6 is 0 Å². The van der Waals surface area contributed by atoms with E-state index in [0.29, 0.717) is 6.61 Å². The molecule has 0 aliphatic heterocycles. The molecule has 3 nitrogen and oxygen atoms in total. The summed E-state index contributed by atoms with van der Waals surface area (Å²) in [4.78, 5) is 0. The van der Waals surface area contributed by atoms with E-state index in [9.17, 15) is 8.42 Å². The van der Waals surface area contributed by atoms with Gasteiger partial charge in [0.25, 0.3) is 10.1 Å².